The molecule has 0 aromatic carbocycles. The van der Waals surface area contributed by atoms with Crippen LogP contribution in [0.1, 0.15) is 25.7 Å². The fourth-order valence-electron chi connectivity index (χ4n) is 2.04. The van der Waals surface area contributed by atoms with E-state index in [0.29, 0.717) is 12.0 Å². The number of aliphatic hydroxyl groups is 1. The van der Waals surface area contributed by atoms with Crippen molar-refractivity contribution in [2.24, 2.45) is 5.92 Å². The summed E-state index contributed by atoms with van der Waals surface area (Å²) in [6.07, 6.45) is 4.67. The Labute approximate surface area is 101 Å². The number of hydrogen-bond donors (Lipinski definition) is 2. The lowest BCUT2D eigenvalue weighted by molar-refractivity contribution is 0.178. The number of nitrogens with zero attached hydrogens (tertiary/aromatic N) is 2. The lowest BCUT2D eigenvalue weighted by Crippen LogP contribution is -2.34. The van der Waals surface area contributed by atoms with Crippen LogP contribution >= 0.6 is 27.3 Å². The van der Waals surface area contributed by atoms with Gasteiger partial charge in [-0.15, -0.1) is 10.2 Å². The largest absolute Gasteiger partial charge is 0.396 e. The van der Waals surface area contributed by atoms with Crippen LogP contribution in [0.15, 0.2) is 3.92 Å². The second kappa shape index (κ2) is 5.23. The van der Waals surface area contributed by atoms with E-state index in [9.17, 15) is 5.11 Å². The molecule has 0 amide bonds. The van der Waals surface area contributed by atoms with E-state index in [1.807, 2.05) is 0 Å². The van der Waals surface area contributed by atoms with Crippen LogP contribution in [0.25, 0.3) is 0 Å². The summed E-state index contributed by atoms with van der Waals surface area (Å²) in [6, 6.07) is 0.351. The maximum Gasteiger partial charge on any atom is 0.206 e. The van der Waals surface area contributed by atoms with Crippen LogP contribution in [0.2, 0.25) is 0 Å². The van der Waals surface area contributed by atoms with Crippen LogP contribution in [0.4, 0.5) is 5.13 Å². The molecule has 1 saturated carbocycles. The van der Waals surface area contributed by atoms with Crippen molar-refractivity contribution in [3.05, 3.63) is 3.92 Å². The fourth-order valence-corrected chi connectivity index (χ4v) is 3.11. The molecular weight excluding hydrogens is 278 g/mol. The molecule has 2 N–H and O–H groups in total. The highest BCUT2D eigenvalue weighted by Crippen LogP contribution is 2.28. The first-order valence-corrected chi connectivity index (χ1v) is 6.77. The van der Waals surface area contributed by atoms with E-state index in [1.165, 1.54) is 24.2 Å². The lowest BCUT2D eigenvalue weighted by Gasteiger charge is -2.30. The maximum absolute atomic E-state index is 9.26. The summed E-state index contributed by atoms with van der Waals surface area (Å²) in [5, 5.41) is 21.4. The molecule has 2 atom stereocenters. The van der Waals surface area contributed by atoms with E-state index in [4.69, 9.17) is 0 Å². The molecule has 4 nitrogen and oxygen atoms in total. The number of anilines is 1. The van der Waals surface area contributed by atoms with Gasteiger partial charge in [-0.05, 0) is 28.8 Å². The van der Waals surface area contributed by atoms with E-state index >= 15 is 0 Å². The lowest BCUT2D eigenvalue weighted by atomic mass is 9.85. The van der Waals surface area contributed by atoms with Crippen LogP contribution in [0.3, 0.4) is 0 Å². The van der Waals surface area contributed by atoms with Gasteiger partial charge >= 0.3 is 0 Å². The Morgan fingerprint density at radius 1 is 1.40 bits per heavy atom. The average Bonchev–Trinajstić information content (AvgIpc) is 2.65. The summed E-state index contributed by atoms with van der Waals surface area (Å²) < 4.78 is 0.793. The molecule has 84 valence electrons. The van der Waals surface area contributed by atoms with Crippen molar-refractivity contribution in [1.82, 2.24) is 10.2 Å². The molecule has 2 rings (SSSR count). The number of aliphatic hydroxyl groups excluding tert-OH is 1. The van der Waals surface area contributed by atoms with Gasteiger partial charge in [0.25, 0.3) is 0 Å². The Hall–Kier alpha value is -0.200. The van der Waals surface area contributed by atoms with E-state index in [-0.39, 0.29) is 6.61 Å². The Kier molecular flexibility index (Phi) is 3.93. The highest BCUT2D eigenvalue weighted by molar-refractivity contribution is 9.11. The molecule has 15 heavy (non-hydrogen) atoms. The van der Waals surface area contributed by atoms with Crippen LogP contribution in [-0.4, -0.2) is 28.0 Å². The number of aromatic nitrogens is 2. The van der Waals surface area contributed by atoms with Gasteiger partial charge in [0.05, 0.1) is 0 Å². The molecule has 0 saturated heterocycles. The van der Waals surface area contributed by atoms with Crippen molar-refractivity contribution in [2.75, 3.05) is 11.9 Å². The molecule has 0 spiro atoms. The first kappa shape index (κ1) is 11.3. The Morgan fingerprint density at radius 3 is 2.87 bits per heavy atom. The molecule has 1 aromatic heterocycles. The molecular formula is C9H14BrN3OS. The molecule has 0 radical (unpaired) electrons. The fraction of sp³-hybridized carbons (Fsp3) is 0.778. The third-order valence-corrected chi connectivity index (χ3v) is 4.14. The van der Waals surface area contributed by atoms with E-state index < -0.39 is 0 Å². The smallest absolute Gasteiger partial charge is 0.206 e. The van der Waals surface area contributed by atoms with E-state index in [0.717, 1.165) is 21.9 Å². The zero-order valence-corrected chi connectivity index (χ0v) is 10.7. The molecule has 1 aliphatic carbocycles. The summed E-state index contributed by atoms with van der Waals surface area (Å²) in [7, 11) is 0. The quantitative estimate of drug-likeness (QED) is 0.897. The zero-order valence-electron chi connectivity index (χ0n) is 8.32. The van der Waals surface area contributed by atoms with Gasteiger partial charge in [0.1, 0.15) is 0 Å². The zero-order chi connectivity index (χ0) is 10.7. The molecule has 0 bridgehead atoms. The summed E-state index contributed by atoms with van der Waals surface area (Å²) in [4.78, 5) is 0. The predicted molar refractivity (Wildman–Crippen MR) is 64.1 cm³/mol. The normalized spacial score (nSPS) is 26.5. The van der Waals surface area contributed by atoms with Crippen molar-refractivity contribution >= 4 is 32.4 Å². The first-order chi connectivity index (χ1) is 7.29. The van der Waals surface area contributed by atoms with Crippen LogP contribution in [0, 0.1) is 5.92 Å². The highest BCUT2D eigenvalue weighted by Gasteiger charge is 2.25. The van der Waals surface area contributed by atoms with Crippen LogP contribution in [-0.2, 0) is 0 Å². The predicted octanol–water partition coefficient (Wildman–Crippen LogP) is 2.26. The molecule has 1 aromatic rings. The molecule has 0 aliphatic heterocycles. The monoisotopic (exact) mass is 291 g/mol. The molecule has 1 fully saturated rings. The van der Waals surface area contributed by atoms with Crippen molar-refractivity contribution in [2.45, 2.75) is 31.7 Å². The van der Waals surface area contributed by atoms with Gasteiger partial charge in [0, 0.05) is 18.6 Å². The number of halogens is 1. The average molecular weight is 292 g/mol. The standard InChI is InChI=1S/C9H14BrN3OS/c10-8-12-13-9(15-8)11-7-4-2-1-3-6(7)5-14/h6-7,14H,1-5H2,(H,11,13). The second-order valence-corrected chi connectivity index (χ2v) is 6.09. The van der Waals surface area contributed by atoms with Crippen LogP contribution in [0.5, 0.6) is 0 Å². The minimum absolute atomic E-state index is 0.262. The third kappa shape index (κ3) is 2.89. The molecule has 6 heteroatoms. The molecule has 1 heterocycles. The van der Waals surface area contributed by atoms with Gasteiger partial charge in [-0.2, -0.15) is 0 Å². The summed E-state index contributed by atoms with van der Waals surface area (Å²) in [5.41, 5.74) is 0. The van der Waals surface area contributed by atoms with Gasteiger partial charge < -0.3 is 10.4 Å². The van der Waals surface area contributed by atoms with Crippen molar-refractivity contribution in [1.29, 1.82) is 0 Å². The van der Waals surface area contributed by atoms with Crippen LogP contribution < -0.4 is 5.32 Å². The SMILES string of the molecule is OCC1CCCCC1Nc1nnc(Br)s1. The van der Waals surface area contributed by atoms with Crippen molar-refractivity contribution in [3.8, 4) is 0 Å². The third-order valence-electron chi connectivity index (χ3n) is 2.85. The van der Waals surface area contributed by atoms with E-state index in [2.05, 4.69) is 31.4 Å². The molecule has 1 aliphatic rings. The number of nitrogens with one attached hydrogen (secondary N) is 1. The Balaban J connectivity index is 1.97. The van der Waals surface area contributed by atoms with Gasteiger partial charge in [0.15, 0.2) is 3.92 Å². The minimum atomic E-state index is 0.262. The Bertz CT molecular complexity index is 320. The van der Waals surface area contributed by atoms with Gasteiger partial charge in [-0.1, -0.05) is 24.2 Å². The van der Waals surface area contributed by atoms with Gasteiger partial charge in [-0.25, -0.2) is 0 Å². The number of rotatable bonds is 3. The van der Waals surface area contributed by atoms with Gasteiger partial charge in [0.2, 0.25) is 5.13 Å². The van der Waals surface area contributed by atoms with E-state index in [1.54, 1.807) is 0 Å². The first-order valence-electron chi connectivity index (χ1n) is 5.16. The number of hydrogen-bond acceptors (Lipinski definition) is 5. The summed E-state index contributed by atoms with van der Waals surface area (Å²) in [5.74, 6) is 0.362. The topological polar surface area (TPSA) is 58.0 Å². The van der Waals surface area contributed by atoms with Crippen molar-refractivity contribution in [3.63, 3.8) is 0 Å². The summed E-state index contributed by atoms with van der Waals surface area (Å²) in [6.45, 7) is 0.262. The Morgan fingerprint density at radius 2 is 2.20 bits per heavy atom. The summed E-state index contributed by atoms with van der Waals surface area (Å²) >= 11 is 4.78. The second-order valence-electron chi connectivity index (χ2n) is 3.84. The maximum atomic E-state index is 9.26. The minimum Gasteiger partial charge on any atom is -0.396 e. The van der Waals surface area contributed by atoms with Gasteiger partial charge in [-0.3, -0.25) is 0 Å². The molecule has 2 unspecified atom stereocenters. The van der Waals surface area contributed by atoms with Crippen molar-refractivity contribution < 1.29 is 5.11 Å². The highest BCUT2D eigenvalue weighted by atomic mass is 79.9.